The molecule has 0 rings (SSSR count). The number of amides is 2. The minimum absolute atomic E-state index is 0.263. The van der Waals surface area contributed by atoms with Crippen molar-refractivity contribution in [3.05, 3.63) is 0 Å². The summed E-state index contributed by atoms with van der Waals surface area (Å²) in [6.45, 7) is 11.6. The first-order valence-electron chi connectivity index (χ1n) is 7.56. The van der Waals surface area contributed by atoms with Crippen molar-refractivity contribution >= 4 is 12.0 Å². The number of carbonyl (C=O) groups excluding carboxylic acids is 1. The van der Waals surface area contributed by atoms with E-state index in [4.69, 9.17) is 5.11 Å². The van der Waals surface area contributed by atoms with E-state index in [0.717, 1.165) is 12.8 Å². The van der Waals surface area contributed by atoms with E-state index in [1.54, 1.807) is 11.8 Å². The van der Waals surface area contributed by atoms with Crippen molar-refractivity contribution in [2.45, 2.75) is 59.9 Å². The molecular weight excluding hydrogens is 256 g/mol. The van der Waals surface area contributed by atoms with E-state index >= 15 is 0 Å². The molecule has 0 fully saturated rings. The zero-order valence-corrected chi connectivity index (χ0v) is 13.5. The maximum absolute atomic E-state index is 12.2. The Kier molecular flexibility index (Phi) is 9.01. The van der Waals surface area contributed by atoms with E-state index in [9.17, 15) is 9.59 Å². The van der Waals surface area contributed by atoms with E-state index in [1.807, 2.05) is 0 Å². The maximum Gasteiger partial charge on any atom is 0.326 e. The van der Waals surface area contributed by atoms with Gasteiger partial charge in [0.15, 0.2) is 0 Å². The molecule has 1 atom stereocenters. The van der Waals surface area contributed by atoms with Gasteiger partial charge in [0, 0.05) is 13.1 Å². The predicted molar refractivity (Wildman–Crippen MR) is 80.7 cm³/mol. The van der Waals surface area contributed by atoms with Crippen LogP contribution in [0.3, 0.4) is 0 Å². The third-order valence-corrected chi connectivity index (χ3v) is 3.24. The van der Waals surface area contributed by atoms with Crippen LogP contribution >= 0.6 is 0 Å². The molecule has 5 nitrogen and oxygen atoms in total. The van der Waals surface area contributed by atoms with Gasteiger partial charge >= 0.3 is 12.0 Å². The van der Waals surface area contributed by atoms with Crippen molar-refractivity contribution in [3.63, 3.8) is 0 Å². The van der Waals surface area contributed by atoms with Crippen molar-refractivity contribution in [2.75, 3.05) is 13.1 Å². The predicted octanol–water partition coefficient (Wildman–Crippen LogP) is 2.95. The number of carboxylic acid groups (broad SMARTS) is 1. The van der Waals surface area contributed by atoms with Crippen LogP contribution < -0.4 is 5.32 Å². The lowest BCUT2D eigenvalue weighted by molar-refractivity contribution is -0.139. The number of carbonyl (C=O) groups is 2. The van der Waals surface area contributed by atoms with Crippen molar-refractivity contribution in [2.24, 2.45) is 11.8 Å². The van der Waals surface area contributed by atoms with E-state index in [2.05, 4.69) is 33.0 Å². The first-order chi connectivity index (χ1) is 9.27. The Bertz CT molecular complexity index is 291. The van der Waals surface area contributed by atoms with Crippen LogP contribution in [-0.2, 0) is 4.79 Å². The molecule has 20 heavy (non-hydrogen) atoms. The summed E-state index contributed by atoms with van der Waals surface area (Å²) in [6.07, 6.45) is 2.24. The Morgan fingerprint density at radius 3 is 1.80 bits per heavy atom. The van der Waals surface area contributed by atoms with Gasteiger partial charge in [0.05, 0.1) is 0 Å². The molecule has 0 aliphatic heterocycles. The highest BCUT2D eigenvalue weighted by Crippen LogP contribution is 2.07. The quantitative estimate of drug-likeness (QED) is 0.684. The lowest BCUT2D eigenvalue weighted by atomic mass is 10.1. The summed E-state index contributed by atoms with van der Waals surface area (Å²) in [7, 11) is 0. The number of hydrogen-bond acceptors (Lipinski definition) is 2. The minimum Gasteiger partial charge on any atom is -0.480 e. The molecule has 0 saturated carbocycles. The summed E-state index contributed by atoms with van der Waals surface area (Å²) < 4.78 is 0. The zero-order valence-electron chi connectivity index (χ0n) is 13.5. The average molecular weight is 286 g/mol. The Hall–Kier alpha value is -1.26. The molecule has 0 radical (unpaired) electrons. The van der Waals surface area contributed by atoms with Gasteiger partial charge in [-0.1, -0.05) is 34.6 Å². The number of urea groups is 1. The van der Waals surface area contributed by atoms with E-state index in [-0.39, 0.29) is 6.03 Å². The average Bonchev–Trinajstić information content (AvgIpc) is 2.34. The van der Waals surface area contributed by atoms with Gasteiger partial charge < -0.3 is 15.3 Å². The highest BCUT2D eigenvalue weighted by molar-refractivity contribution is 5.82. The van der Waals surface area contributed by atoms with Crippen molar-refractivity contribution in [1.29, 1.82) is 0 Å². The number of aliphatic carboxylic acids is 1. The molecule has 5 heteroatoms. The number of rotatable bonds is 9. The second-order valence-electron chi connectivity index (χ2n) is 6.10. The molecule has 0 aromatic heterocycles. The highest BCUT2D eigenvalue weighted by atomic mass is 16.4. The number of hydrogen-bond donors (Lipinski definition) is 2. The van der Waals surface area contributed by atoms with Gasteiger partial charge in [-0.15, -0.1) is 0 Å². The maximum atomic E-state index is 12.2. The van der Waals surface area contributed by atoms with Gasteiger partial charge in [-0.3, -0.25) is 0 Å². The van der Waals surface area contributed by atoms with Crippen LogP contribution in [0, 0.1) is 11.8 Å². The SMILES string of the molecule is CCC(NC(=O)N(CCC(C)C)CCC(C)C)C(=O)O. The summed E-state index contributed by atoms with van der Waals surface area (Å²) in [5.41, 5.74) is 0. The summed E-state index contributed by atoms with van der Waals surface area (Å²) in [4.78, 5) is 24.9. The van der Waals surface area contributed by atoms with Gasteiger partial charge in [0.1, 0.15) is 6.04 Å². The molecule has 0 saturated heterocycles. The van der Waals surface area contributed by atoms with Crippen molar-refractivity contribution in [1.82, 2.24) is 10.2 Å². The smallest absolute Gasteiger partial charge is 0.326 e. The van der Waals surface area contributed by atoms with Crippen molar-refractivity contribution < 1.29 is 14.7 Å². The number of carboxylic acids is 1. The van der Waals surface area contributed by atoms with Gasteiger partial charge in [0.2, 0.25) is 0 Å². The molecule has 0 bridgehead atoms. The summed E-state index contributed by atoms with van der Waals surface area (Å²) in [6, 6.07) is -1.07. The number of nitrogens with one attached hydrogen (secondary N) is 1. The molecule has 2 N–H and O–H groups in total. The normalized spacial score (nSPS) is 12.6. The summed E-state index contributed by atoms with van der Waals surface area (Å²) in [5.74, 6) is 0.0603. The first kappa shape index (κ1) is 18.7. The van der Waals surface area contributed by atoms with Gasteiger partial charge in [-0.2, -0.15) is 0 Å². The van der Waals surface area contributed by atoms with Crippen LogP contribution in [0.15, 0.2) is 0 Å². The Labute approximate surface area is 122 Å². The summed E-state index contributed by atoms with van der Waals surface area (Å²) >= 11 is 0. The minimum atomic E-state index is -0.978. The van der Waals surface area contributed by atoms with Crippen LogP contribution in [0.5, 0.6) is 0 Å². The summed E-state index contributed by atoms with van der Waals surface area (Å²) in [5, 5.41) is 11.6. The second kappa shape index (κ2) is 9.61. The lowest BCUT2D eigenvalue weighted by Crippen LogP contribution is -2.48. The monoisotopic (exact) mass is 286 g/mol. The van der Waals surface area contributed by atoms with Crippen LogP contribution in [0.4, 0.5) is 4.79 Å². The topological polar surface area (TPSA) is 69.6 Å². The highest BCUT2D eigenvalue weighted by Gasteiger charge is 2.21. The standard InChI is InChI=1S/C15H30N2O3/c1-6-13(14(18)19)16-15(20)17(9-7-11(2)3)10-8-12(4)5/h11-13H,6-10H2,1-5H3,(H,16,20)(H,18,19). The molecule has 0 spiro atoms. The van der Waals surface area contributed by atoms with E-state index in [1.165, 1.54) is 0 Å². The largest absolute Gasteiger partial charge is 0.480 e. The van der Waals surface area contributed by atoms with Crippen LogP contribution in [0.2, 0.25) is 0 Å². The molecule has 0 aromatic carbocycles. The molecule has 0 aromatic rings. The van der Waals surface area contributed by atoms with Crippen LogP contribution in [-0.4, -0.2) is 41.1 Å². The Balaban J connectivity index is 4.55. The molecule has 118 valence electrons. The fourth-order valence-corrected chi connectivity index (χ4v) is 1.72. The van der Waals surface area contributed by atoms with Crippen molar-refractivity contribution in [3.8, 4) is 0 Å². The lowest BCUT2D eigenvalue weighted by Gasteiger charge is -2.26. The Morgan fingerprint density at radius 2 is 1.50 bits per heavy atom. The molecule has 0 aliphatic rings. The molecule has 0 heterocycles. The van der Waals surface area contributed by atoms with Gasteiger partial charge in [0.25, 0.3) is 0 Å². The Morgan fingerprint density at radius 1 is 1.05 bits per heavy atom. The third-order valence-electron chi connectivity index (χ3n) is 3.24. The first-order valence-corrected chi connectivity index (χ1v) is 7.56. The molecule has 2 amide bonds. The fraction of sp³-hybridized carbons (Fsp3) is 0.867. The van der Waals surface area contributed by atoms with Crippen LogP contribution in [0.25, 0.3) is 0 Å². The number of nitrogens with zero attached hydrogens (tertiary/aromatic N) is 1. The van der Waals surface area contributed by atoms with Crippen LogP contribution in [0.1, 0.15) is 53.9 Å². The van der Waals surface area contributed by atoms with E-state index in [0.29, 0.717) is 31.3 Å². The third kappa shape index (κ3) is 8.02. The molecule has 0 aliphatic carbocycles. The molecular formula is C15H30N2O3. The van der Waals surface area contributed by atoms with Gasteiger partial charge in [-0.05, 0) is 31.1 Å². The second-order valence-corrected chi connectivity index (χ2v) is 6.10. The van der Waals surface area contributed by atoms with E-state index < -0.39 is 12.0 Å². The van der Waals surface area contributed by atoms with Gasteiger partial charge in [-0.25, -0.2) is 9.59 Å². The molecule has 1 unspecified atom stereocenters. The fourth-order valence-electron chi connectivity index (χ4n) is 1.72. The zero-order chi connectivity index (χ0) is 15.7.